The van der Waals surface area contributed by atoms with E-state index in [0.29, 0.717) is 12.8 Å². The lowest BCUT2D eigenvalue weighted by Crippen LogP contribution is -2.38. The molecule has 2 heterocycles. The van der Waals surface area contributed by atoms with Gasteiger partial charge in [0, 0.05) is 18.7 Å². The molecule has 0 spiro atoms. The molecule has 0 radical (unpaired) electrons. The van der Waals surface area contributed by atoms with E-state index >= 15 is 0 Å². The molecule has 0 unspecified atom stereocenters. The summed E-state index contributed by atoms with van der Waals surface area (Å²) in [5, 5.41) is 3.59. The highest BCUT2D eigenvalue weighted by molar-refractivity contribution is 7.88. The molecule has 1 aliphatic rings. The van der Waals surface area contributed by atoms with Gasteiger partial charge in [0.2, 0.25) is 10.0 Å². The number of rotatable bonds is 2. The van der Waals surface area contributed by atoms with Crippen LogP contribution in [0.4, 0.5) is 19.0 Å². The molecule has 0 bridgehead atoms. The van der Waals surface area contributed by atoms with Crippen molar-refractivity contribution in [3.8, 4) is 0 Å². The van der Waals surface area contributed by atoms with Crippen LogP contribution in [0, 0.1) is 6.92 Å². The highest BCUT2D eigenvalue weighted by atomic mass is 32.2. The Hall–Kier alpha value is -1.29. The summed E-state index contributed by atoms with van der Waals surface area (Å²) >= 11 is 0. The van der Waals surface area contributed by atoms with Crippen LogP contribution in [0.25, 0.3) is 0 Å². The number of sulfonamides is 1. The Morgan fingerprint density at radius 2 is 1.81 bits per heavy atom. The van der Waals surface area contributed by atoms with Gasteiger partial charge in [-0.3, -0.25) is 0 Å². The molecule has 0 saturated carbocycles. The van der Waals surface area contributed by atoms with Crippen LogP contribution in [-0.4, -0.2) is 41.8 Å². The SMILES string of the molecule is Cc1c(C(F)(F)F)nn(C2CCN(S(C)(=O)=O)CC2)c1N. The Balaban J connectivity index is 2.22. The second-order valence-corrected chi connectivity index (χ2v) is 7.18. The molecule has 21 heavy (non-hydrogen) atoms. The molecule has 1 saturated heterocycles. The van der Waals surface area contributed by atoms with Crippen molar-refractivity contribution in [2.24, 2.45) is 0 Å². The molecule has 1 aromatic heterocycles. The van der Waals surface area contributed by atoms with Crippen molar-refractivity contribution >= 4 is 15.8 Å². The number of nitrogens with two attached hydrogens (primary N) is 1. The van der Waals surface area contributed by atoms with Gasteiger partial charge in [-0.05, 0) is 19.8 Å². The van der Waals surface area contributed by atoms with Crippen molar-refractivity contribution in [1.29, 1.82) is 0 Å². The maximum atomic E-state index is 12.8. The van der Waals surface area contributed by atoms with Crippen molar-refractivity contribution < 1.29 is 21.6 Å². The highest BCUT2D eigenvalue weighted by Crippen LogP contribution is 2.35. The predicted molar refractivity (Wildman–Crippen MR) is 71.1 cm³/mol. The van der Waals surface area contributed by atoms with E-state index in [4.69, 9.17) is 5.73 Å². The van der Waals surface area contributed by atoms with Crippen LogP contribution in [-0.2, 0) is 16.2 Å². The minimum atomic E-state index is -4.54. The van der Waals surface area contributed by atoms with Gasteiger partial charge in [-0.1, -0.05) is 0 Å². The molecular weight excluding hydrogens is 309 g/mol. The summed E-state index contributed by atoms with van der Waals surface area (Å²) in [4.78, 5) is 0. The summed E-state index contributed by atoms with van der Waals surface area (Å²) < 4.78 is 63.7. The van der Waals surface area contributed by atoms with Crippen LogP contribution >= 0.6 is 0 Å². The third-order valence-corrected chi connectivity index (χ3v) is 5.00. The van der Waals surface area contributed by atoms with E-state index < -0.39 is 21.9 Å². The lowest BCUT2D eigenvalue weighted by atomic mass is 10.1. The van der Waals surface area contributed by atoms with Crippen LogP contribution in [0.1, 0.15) is 30.1 Å². The van der Waals surface area contributed by atoms with Crippen molar-refractivity contribution in [3.63, 3.8) is 0 Å². The molecule has 0 aliphatic carbocycles. The molecule has 6 nitrogen and oxygen atoms in total. The average Bonchev–Trinajstić information content (AvgIpc) is 2.65. The van der Waals surface area contributed by atoms with Crippen molar-refractivity contribution in [3.05, 3.63) is 11.3 Å². The molecule has 1 aliphatic heterocycles. The summed E-state index contributed by atoms with van der Waals surface area (Å²) in [5.41, 5.74) is 4.65. The van der Waals surface area contributed by atoms with Gasteiger partial charge >= 0.3 is 6.18 Å². The van der Waals surface area contributed by atoms with E-state index in [1.165, 1.54) is 15.9 Å². The number of halogens is 3. The fourth-order valence-corrected chi connectivity index (χ4v) is 3.37. The van der Waals surface area contributed by atoms with Gasteiger partial charge in [0.1, 0.15) is 5.82 Å². The fourth-order valence-electron chi connectivity index (χ4n) is 2.50. The zero-order valence-corrected chi connectivity index (χ0v) is 12.5. The third-order valence-electron chi connectivity index (χ3n) is 3.70. The molecule has 10 heteroatoms. The minimum absolute atomic E-state index is 0.0138. The zero-order valence-electron chi connectivity index (χ0n) is 11.7. The van der Waals surface area contributed by atoms with E-state index in [1.807, 2.05) is 0 Å². The van der Waals surface area contributed by atoms with Crippen LogP contribution in [0.15, 0.2) is 0 Å². The van der Waals surface area contributed by atoms with Gasteiger partial charge in [0.15, 0.2) is 5.69 Å². The number of anilines is 1. The number of aromatic nitrogens is 2. The smallest absolute Gasteiger partial charge is 0.384 e. The molecule has 1 aromatic rings. The molecule has 0 atom stereocenters. The van der Waals surface area contributed by atoms with Crippen LogP contribution < -0.4 is 5.73 Å². The molecule has 2 rings (SSSR count). The third kappa shape index (κ3) is 3.15. The molecule has 2 N–H and O–H groups in total. The Morgan fingerprint density at radius 3 is 2.19 bits per heavy atom. The Bertz CT molecular complexity index is 631. The topological polar surface area (TPSA) is 81.2 Å². The van der Waals surface area contributed by atoms with Gasteiger partial charge in [0.25, 0.3) is 0 Å². The van der Waals surface area contributed by atoms with Crippen LogP contribution in [0.3, 0.4) is 0 Å². The number of alkyl halides is 3. The maximum absolute atomic E-state index is 12.8. The lowest BCUT2D eigenvalue weighted by Gasteiger charge is -2.30. The maximum Gasteiger partial charge on any atom is 0.435 e. The lowest BCUT2D eigenvalue weighted by molar-refractivity contribution is -0.142. The van der Waals surface area contributed by atoms with Gasteiger partial charge in [-0.25, -0.2) is 17.4 Å². The molecule has 120 valence electrons. The Morgan fingerprint density at radius 1 is 1.29 bits per heavy atom. The predicted octanol–water partition coefficient (Wildman–Crippen LogP) is 1.39. The number of nitrogen functional groups attached to an aromatic ring is 1. The highest BCUT2D eigenvalue weighted by Gasteiger charge is 2.38. The molecule has 1 fully saturated rings. The summed E-state index contributed by atoms with van der Waals surface area (Å²) in [5.74, 6) is -0.0138. The first-order valence-corrected chi connectivity index (χ1v) is 8.23. The first-order chi connectivity index (χ1) is 9.51. The second kappa shape index (κ2) is 5.16. The van der Waals surface area contributed by atoms with E-state index in [0.717, 1.165) is 6.26 Å². The number of hydrogen-bond acceptors (Lipinski definition) is 4. The number of hydrogen-bond donors (Lipinski definition) is 1. The van der Waals surface area contributed by atoms with E-state index in [1.54, 1.807) is 0 Å². The van der Waals surface area contributed by atoms with E-state index in [9.17, 15) is 21.6 Å². The van der Waals surface area contributed by atoms with E-state index in [-0.39, 0.29) is 30.5 Å². The Kier molecular flexibility index (Phi) is 3.96. The standard InChI is InChI=1S/C11H17F3N4O2S/c1-7-9(11(12,13)14)16-18(10(7)15)8-3-5-17(6-4-8)21(2,19)20/h8H,3-6,15H2,1-2H3. The largest absolute Gasteiger partial charge is 0.435 e. The molecule has 0 aromatic carbocycles. The van der Waals surface area contributed by atoms with Gasteiger partial charge in [0.05, 0.1) is 12.3 Å². The van der Waals surface area contributed by atoms with Gasteiger partial charge in [-0.2, -0.15) is 18.3 Å². The van der Waals surface area contributed by atoms with Gasteiger partial charge in [-0.15, -0.1) is 0 Å². The molecule has 0 amide bonds. The van der Waals surface area contributed by atoms with Gasteiger partial charge < -0.3 is 5.73 Å². The van der Waals surface area contributed by atoms with Crippen LogP contribution in [0.5, 0.6) is 0 Å². The summed E-state index contributed by atoms with van der Waals surface area (Å²) in [6.07, 6.45) is -2.66. The normalized spacial score (nSPS) is 19.1. The number of piperidine rings is 1. The first kappa shape index (κ1) is 16.1. The molecular formula is C11H17F3N4O2S. The monoisotopic (exact) mass is 326 g/mol. The Labute approximate surface area is 120 Å². The van der Waals surface area contributed by atoms with Crippen LogP contribution in [0.2, 0.25) is 0 Å². The van der Waals surface area contributed by atoms with Crippen molar-refractivity contribution in [1.82, 2.24) is 14.1 Å². The fraction of sp³-hybridized carbons (Fsp3) is 0.727. The average molecular weight is 326 g/mol. The summed E-state index contributed by atoms with van der Waals surface area (Å²) in [6.45, 7) is 1.79. The number of nitrogens with zero attached hydrogens (tertiary/aromatic N) is 3. The van der Waals surface area contributed by atoms with Crippen molar-refractivity contribution in [2.45, 2.75) is 32.0 Å². The van der Waals surface area contributed by atoms with E-state index in [2.05, 4.69) is 5.10 Å². The summed E-state index contributed by atoms with van der Waals surface area (Å²) in [6, 6.07) is -0.321. The quantitative estimate of drug-likeness (QED) is 0.890. The minimum Gasteiger partial charge on any atom is -0.384 e. The zero-order chi connectivity index (χ0) is 16.0. The summed E-state index contributed by atoms with van der Waals surface area (Å²) in [7, 11) is -3.28. The first-order valence-electron chi connectivity index (χ1n) is 6.38. The van der Waals surface area contributed by atoms with Crippen molar-refractivity contribution in [2.75, 3.05) is 25.1 Å². The second-order valence-electron chi connectivity index (χ2n) is 5.19.